The Bertz CT molecular complexity index is 737. The van der Waals surface area contributed by atoms with E-state index in [4.69, 9.17) is 9.15 Å². The number of rotatable bonds is 12. The zero-order chi connectivity index (χ0) is 21.2. The van der Waals surface area contributed by atoms with Crippen LogP contribution in [0.5, 0.6) is 0 Å². The first kappa shape index (κ1) is 23.1. The summed E-state index contributed by atoms with van der Waals surface area (Å²) < 4.78 is 10.3. The Morgan fingerprint density at radius 3 is 2.59 bits per heavy atom. The first-order chi connectivity index (χ1) is 13.9. The second-order valence-electron chi connectivity index (χ2n) is 8.45. The predicted octanol–water partition coefficient (Wildman–Crippen LogP) is 6.84. The number of hydrogen-bond donors (Lipinski definition) is 1. The third-order valence-corrected chi connectivity index (χ3v) is 5.67. The number of aliphatic hydroxyl groups is 1. The Hall–Kier alpha value is -2.23. The van der Waals surface area contributed by atoms with Gasteiger partial charge in [-0.05, 0) is 83.3 Å². The van der Waals surface area contributed by atoms with Crippen LogP contribution in [0.2, 0.25) is 0 Å². The van der Waals surface area contributed by atoms with E-state index >= 15 is 0 Å². The second kappa shape index (κ2) is 11.7. The minimum atomic E-state index is -0.447. The van der Waals surface area contributed by atoms with E-state index in [0.717, 1.165) is 44.9 Å². The van der Waals surface area contributed by atoms with Crippen LogP contribution in [0.3, 0.4) is 0 Å². The number of hydrogen-bond acceptors (Lipinski definition) is 4. The molecule has 1 unspecified atom stereocenters. The van der Waals surface area contributed by atoms with E-state index in [9.17, 15) is 9.90 Å². The van der Waals surface area contributed by atoms with E-state index in [0.29, 0.717) is 17.9 Å². The van der Waals surface area contributed by atoms with Crippen LogP contribution < -0.4 is 0 Å². The van der Waals surface area contributed by atoms with Crippen molar-refractivity contribution in [2.24, 2.45) is 5.92 Å². The van der Waals surface area contributed by atoms with Gasteiger partial charge >= 0.3 is 5.97 Å². The molecule has 1 aromatic heterocycles. The predicted molar refractivity (Wildman–Crippen MR) is 117 cm³/mol. The van der Waals surface area contributed by atoms with Crippen molar-refractivity contribution >= 4 is 5.97 Å². The van der Waals surface area contributed by atoms with Crippen LogP contribution in [0.15, 0.2) is 57.6 Å². The molecule has 2 heterocycles. The lowest BCUT2D eigenvalue weighted by molar-refractivity contribution is -0.140. The highest BCUT2D eigenvalue weighted by atomic mass is 16.6. The summed E-state index contributed by atoms with van der Waals surface area (Å²) >= 11 is 0. The summed E-state index contributed by atoms with van der Waals surface area (Å²) in [6.45, 7) is 8.19. The molecule has 1 aromatic rings. The van der Waals surface area contributed by atoms with Gasteiger partial charge in [0.25, 0.3) is 0 Å². The van der Waals surface area contributed by atoms with Crippen LogP contribution in [0.4, 0.5) is 0 Å². The van der Waals surface area contributed by atoms with E-state index in [2.05, 4.69) is 32.9 Å². The average Bonchev–Trinajstić information content (AvgIpc) is 3.27. The Labute approximate surface area is 175 Å². The standard InChI is InChI=1S/C25H36O4/c1-18(8-5-9-19(2)11-7-13-22-14-15-28-17-22)10-6-12-20(3)16-23-24(26)21(4)25(27)29-23/h8,11,14-15,17,20,23,26H,5-7,9-10,12-13,16H2,1-4H3/b18-8+,19-11+/t20-,23?/m0/s1. The molecule has 1 aliphatic heterocycles. The molecule has 1 N–H and O–H groups in total. The van der Waals surface area contributed by atoms with Crippen LogP contribution in [0.25, 0.3) is 0 Å². The number of ether oxygens (including phenoxy) is 1. The molecular formula is C25H36O4. The number of esters is 1. The Morgan fingerprint density at radius 1 is 1.21 bits per heavy atom. The molecule has 2 rings (SSSR count). The summed E-state index contributed by atoms with van der Waals surface area (Å²) in [7, 11) is 0. The topological polar surface area (TPSA) is 59.7 Å². The van der Waals surface area contributed by atoms with E-state index in [1.807, 2.05) is 12.3 Å². The number of aliphatic hydroxyl groups excluding tert-OH is 1. The number of carbonyl (C=O) groups is 1. The van der Waals surface area contributed by atoms with Gasteiger partial charge in [0.1, 0.15) is 5.76 Å². The van der Waals surface area contributed by atoms with Crippen molar-refractivity contribution in [3.63, 3.8) is 0 Å². The largest absolute Gasteiger partial charge is 0.508 e. The fourth-order valence-electron chi connectivity index (χ4n) is 3.66. The van der Waals surface area contributed by atoms with Crippen molar-refractivity contribution in [1.82, 2.24) is 0 Å². The van der Waals surface area contributed by atoms with Crippen molar-refractivity contribution in [2.45, 2.75) is 85.2 Å². The number of cyclic esters (lactones) is 1. The lowest BCUT2D eigenvalue weighted by Crippen LogP contribution is -2.15. The summed E-state index contributed by atoms with van der Waals surface area (Å²) in [5, 5.41) is 9.95. The maximum Gasteiger partial charge on any atom is 0.337 e. The molecule has 0 saturated carbocycles. The molecule has 2 atom stereocenters. The number of carbonyl (C=O) groups excluding carboxylic acids is 1. The first-order valence-corrected chi connectivity index (χ1v) is 10.8. The SMILES string of the molecule is CC1=C(O)C(C[C@@H](C)CCC/C(C)=C/CC/C(C)=C/CCc2ccoc2)OC1=O. The third kappa shape index (κ3) is 7.96. The number of allylic oxidation sites excluding steroid dienone is 4. The van der Waals surface area contributed by atoms with Gasteiger partial charge in [-0.1, -0.05) is 36.6 Å². The smallest absolute Gasteiger partial charge is 0.337 e. The van der Waals surface area contributed by atoms with Gasteiger partial charge in [0.15, 0.2) is 6.10 Å². The van der Waals surface area contributed by atoms with Crippen LogP contribution >= 0.6 is 0 Å². The summed E-state index contributed by atoms with van der Waals surface area (Å²) in [5.41, 5.74) is 4.49. The lowest BCUT2D eigenvalue weighted by Gasteiger charge is -2.16. The first-order valence-electron chi connectivity index (χ1n) is 10.8. The number of aryl methyl sites for hydroxylation is 1. The van der Waals surface area contributed by atoms with Crippen LogP contribution in [-0.4, -0.2) is 17.2 Å². The monoisotopic (exact) mass is 400 g/mol. The van der Waals surface area contributed by atoms with Crippen molar-refractivity contribution in [3.8, 4) is 0 Å². The van der Waals surface area contributed by atoms with Gasteiger partial charge in [0, 0.05) is 0 Å². The molecule has 0 fully saturated rings. The molecule has 0 radical (unpaired) electrons. The zero-order valence-corrected chi connectivity index (χ0v) is 18.4. The minimum absolute atomic E-state index is 0.117. The quantitative estimate of drug-likeness (QED) is 0.308. The van der Waals surface area contributed by atoms with Gasteiger partial charge in [0.05, 0.1) is 18.1 Å². The van der Waals surface area contributed by atoms with E-state index in [1.165, 1.54) is 16.7 Å². The average molecular weight is 401 g/mol. The molecule has 29 heavy (non-hydrogen) atoms. The molecule has 160 valence electrons. The Kier molecular flexibility index (Phi) is 9.30. The summed E-state index contributed by atoms with van der Waals surface area (Å²) in [4.78, 5) is 11.5. The zero-order valence-electron chi connectivity index (χ0n) is 18.4. The highest BCUT2D eigenvalue weighted by Crippen LogP contribution is 2.27. The molecule has 0 spiro atoms. The molecule has 0 aliphatic carbocycles. The highest BCUT2D eigenvalue weighted by molar-refractivity contribution is 5.90. The Balaban J connectivity index is 1.59. The molecule has 0 saturated heterocycles. The summed E-state index contributed by atoms with van der Waals surface area (Å²) in [5.74, 6) is 0.143. The lowest BCUT2D eigenvalue weighted by atomic mass is 9.95. The molecular weight excluding hydrogens is 364 g/mol. The van der Waals surface area contributed by atoms with Crippen molar-refractivity contribution in [3.05, 3.63) is 58.8 Å². The number of furan rings is 1. The summed E-state index contributed by atoms with van der Waals surface area (Å²) in [6.07, 6.45) is 16.1. The van der Waals surface area contributed by atoms with Crippen LogP contribution in [-0.2, 0) is 16.0 Å². The molecule has 0 bridgehead atoms. The van der Waals surface area contributed by atoms with Gasteiger partial charge in [-0.25, -0.2) is 4.79 Å². The maximum absolute atomic E-state index is 11.5. The van der Waals surface area contributed by atoms with E-state index in [-0.39, 0.29) is 11.7 Å². The van der Waals surface area contributed by atoms with E-state index < -0.39 is 6.10 Å². The van der Waals surface area contributed by atoms with Crippen molar-refractivity contribution < 1.29 is 19.1 Å². The fourth-order valence-corrected chi connectivity index (χ4v) is 3.66. The van der Waals surface area contributed by atoms with Gasteiger partial charge in [0.2, 0.25) is 0 Å². The molecule has 4 nitrogen and oxygen atoms in total. The van der Waals surface area contributed by atoms with Gasteiger partial charge in [-0.3, -0.25) is 0 Å². The van der Waals surface area contributed by atoms with Gasteiger partial charge < -0.3 is 14.3 Å². The van der Waals surface area contributed by atoms with E-state index in [1.54, 1.807) is 13.2 Å². The van der Waals surface area contributed by atoms with Gasteiger partial charge in [-0.2, -0.15) is 0 Å². The van der Waals surface area contributed by atoms with Crippen LogP contribution in [0.1, 0.15) is 78.2 Å². The molecule has 0 aromatic carbocycles. The molecule has 1 aliphatic rings. The normalized spacial score (nSPS) is 19.0. The molecule has 4 heteroatoms. The highest BCUT2D eigenvalue weighted by Gasteiger charge is 2.32. The van der Waals surface area contributed by atoms with Crippen molar-refractivity contribution in [1.29, 1.82) is 0 Å². The minimum Gasteiger partial charge on any atom is -0.508 e. The third-order valence-electron chi connectivity index (χ3n) is 5.67. The van der Waals surface area contributed by atoms with Crippen LogP contribution in [0, 0.1) is 5.92 Å². The van der Waals surface area contributed by atoms with Gasteiger partial charge in [-0.15, -0.1) is 0 Å². The summed E-state index contributed by atoms with van der Waals surface area (Å²) in [6, 6.07) is 2.02. The second-order valence-corrected chi connectivity index (χ2v) is 8.45. The van der Waals surface area contributed by atoms with Crippen molar-refractivity contribution in [2.75, 3.05) is 0 Å². The Morgan fingerprint density at radius 2 is 1.93 bits per heavy atom. The molecule has 0 amide bonds. The fraction of sp³-hybridized carbons (Fsp3) is 0.560. The maximum atomic E-state index is 11.5.